The number of aryl methyl sites for hydroxylation is 1. The molecule has 36 heavy (non-hydrogen) atoms. The fourth-order valence-corrected chi connectivity index (χ4v) is 5.57. The van der Waals surface area contributed by atoms with E-state index in [0.717, 1.165) is 78.2 Å². The Morgan fingerprint density at radius 3 is 2.58 bits per heavy atom. The van der Waals surface area contributed by atoms with Crippen molar-refractivity contribution in [3.63, 3.8) is 0 Å². The monoisotopic (exact) mass is 523 g/mol. The third-order valence-electron chi connectivity index (χ3n) is 7.24. The molecule has 9 heteroatoms. The van der Waals surface area contributed by atoms with Crippen molar-refractivity contribution in [2.24, 2.45) is 5.92 Å². The van der Waals surface area contributed by atoms with Gasteiger partial charge in [-0.15, -0.1) is 0 Å². The van der Waals surface area contributed by atoms with Gasteiger partial charge in [-0.2, -0.15) is 0 Å². The Balaban J connectivity index is 1.35. The van der Waals surface area contributed by atoms with Crippen LogP contribution < -0.4 is 10.2 Å². The number of hydrogen-bond donors (Lipinski definition) is 1. The molecule has 2 saturated heterocycles. The summed E-state index contributed by atoms with van der Waals surface area (Å²) >= 11 is 12.8. The number of imidazole rings is 1. The first-order valence-electron chi connectivity index (χ1n) is 12.4. The van der Waals surface area contributed by atoms with Gasteiger partial charge in [0.05, 0.1) is 39.2 Å². The van der Waals surface area contributed by atoms with Crippen LogP contribution in [0.1, 0.15) is 24.8 Å². The van der Waals surface area contributed by atoms with Gasteiger partial charge in [-0.05, 0) is 56.0 Å². The Bertz CT molecular complexity index is 1460. The van der Waals surface area contributed by atoms with Crippen LogP contribution in [0.25, 0.3) is 27.8 Å². The Labute approximate surface area is 219 Å². The van der Waals surface area contributed by atoms with Gasteiger partial charge in [-0.1, -0.05) is 41.4 Å². The van der Waals surface area contributed by atoms with Crippen LogP contribution in [0.5, 0.6) is 0 Å². The number of pyridine rings is 1. The molecule has 0 radical (unpaired) electrons. The van der Waals surface area contributed by atoms with Crippen molar-refractivity contribution in [1.29, 1.82) is 0 Å². The minimum Gasteiger partial charge on any atom is -0.379 e. The fraction of sp³-hybridized carbons (Fsp3) is 0.370. The van der Waals surface area contributed by atoms with Gasteiger partial charge in [0, 0.05) is 31.0 Å². The Hall–Kier alpha value is -2.87. The van der Waals surface area contributed by atoms with Gasteiger partial charge in [-0.3, -0.25) is 9.36 Å². The smallest absolute Gasteiger partial charge is 0.223 e. The maximum absolute atomic E-state index is 12.8. The molecule has 4 heterocycles. The summed E-state index contributed by atoms with van der Waals surface area (Å²) in [4.78, 5) is 25.0. The second-order valence-electron chi connectivity index (χ2n) is 9.65. The lowest BCUT2D eigenvalue weighted by molar-refractivity contribution is -0.126. The number of para-hydroxylation sites is 1. The molecule has 7 nitrogen and oxygen atoms in total. The predicted octanol–water partition coefficient (Wildman–Crippen LogP) is 5.31. The molecule has 0 bridgehead atoms. The quantitative estimate of drug-likeness (QED) is 0.392. The summed E-state index contributed by atoms with van der Waals surface area (Å²) in [6.45, 7) is 4.86. The molecular formula is C27H27Cl2N5O2. The number of carbonyl (C=O) groups is 1. The van der Waals surface area contributed by atoms with Crippen molar-refractivity contribution >= 4 is 57.0 Å². The minimum absolute atomic E-state index is 0.00962. The van der Waals surface area contributed by atoms with E-state index in [-0.39, 0.29) is 17.9 Å². The highest BCUT2D eigenvalue weighted by atomic mass is 35.5. The van der Waals surface area contributed by atoms with Crippen LogP contribution in [0.15, 0.2) is 42.5 Å². The lowest BCUT2D eigenvalue weighted by Crippen LogP contribution is -2.44. The molecule has 0 spiro atoms. The molecule has 2 aliphatic heterocycles. The van der Waals surface area contributed by atoms with Gasteiger partial charge in [0.2, 0.25) is 11.9 Å². The second kappa shape index (κ2) is 9.54. The first kappa shape index (κ1) is 23.5. The summed E-state index contributed by atoms with van der Waals surface area (Å²) in [5.41, 5.74) is 3.66. The van der Waals surface area contributed by atoms with Crippen LogP contribution in [0.2, 0.25) is 10.0 Å². The first-order valence-corrected chi connectivity index (χ1v) is 13.1. The van der Waals surface area contributed by atoms with Gasteiger partial charge >= 0.3 is 0 Å². The number of hydrogen-bond acceptors (Lipinski definition) is 5. The lowest BCUT2D eigenvalue weighted by atomic mass is 9.95. The third-order valence-corrected chi connectivity index (χ3v) is 7.96. The van der Waals surface area contributed by atoms with Crippen molar-refractivity contribution in [3.05, 3.63) is 58.1 Å². The zero-order valence-corrected chi connectivity index (χ0v) is 21.5. The highest BCUT2D eigenvalue weighted by molar-refractivity contribution is 6.42. The second-order valence-corrected chi connectivity index (χ2v) is 10.5. The number of benzene rings is 2. The first-order chi connectivity index (χ1) is 17.5. The number of rotatable bonds is 4. The average molecular weight is 524 g/mol. The standard InChI is InChI=1S/C27H27Cl2N5O2/c1-16-12-25(31-22-5-3-2-4-19(16)22)34-24-14-21(29)20(28)13-23(24)32-27(34)33-9-6-17(7-10-33)26(35)30-18-8-11-36-15-18/h2-5,12-14,17-18H,6-11,15H2,1H3,(H,30,35). The van der Waals surface area contributed by atoms with Crippen molar-refractivity contribution < 1.29 is 9.53 Å². The van der Waals surface area contributed by atoms with Gasteiger partial charge in [0.15, 0.2) is 0 Å². The third kappa shape index (κ3) is 4.29. The molecule has 1 unspecified atom stereocenters. The Kier molecular flexibility index (Phi) is 6.23. The molecule has 0 saturated carbocycles. The van der Waals surface area contributed by atoms with E-state index in [2.05, 4.69) is 33.8 Å². The lowest BCUT2D eigenvalue weighted by Gasteiger charge is -2.32. The van der Waals surface area contributed by atoms with Crippen LogP contribution in [0.3, 0.4) is 0 Å². The topological polar surface area (TPSA) is 72.3 Å². The van der Waals surface area contributed by atoms with Crippen molar-refractivity contribution in [2.75, 3.05) is 31.2 Å². The number of fused-ring (bicyclic) bond motifs is 2. The maximum Gasteiger partial charge on any atom is 0.223 e. The molecule has 1 N–H and O–H groups in total. The molecular weight excluding hydrogens is 497 g/mol. The fourth-order valence-electron chi connectivity index (χ4n) is 5.25. The minimum atomic E-state index is -0.00962. The van der Waals surface area contributed by atoms with Crippen LogP contribution in [0.4, 0.5) is 5.95 Å². The summed E-state index contributed by atoms with van der Waals surface area (Å²) in [6.07, 6.45) is 2.40. The zero-order chi connectivity index (χ0) is 24.8. The summed E-state index contributed by atoms with van der Waals surface area (Å²) in [5.74, 6) is 1.69. The van der Waals surface area contributed by atoms with Crippen LogP contribution >= 0.6 is 23.2 Å². The maximum atomic E-state index is 12.8. The van der Waals surface area contributed by atoms with E-state index in [1.807, 2.05) is 24.3 Å². The molecule has 1 amide bonds. The highest BCUT2D eigenvalue weighted by Crippen LogP contribution is 2.35. The SMILES string of the molecule is Cc1cc(-n2c(N3CCC(C(=O)NC4CCOC4)CC3)nc3cc(Cl)c(Cl)cc32)nc2ccccc12. The highest BCUT2D eigenvalue weighted by Gasteiger charge is 2.30. The van der Waals surface area contributed by atoms with Crippen LogP contribution in [-0.4, -0.2) is 52.8 Å². The van der Waals surface area contributed by atoms with E-state index < -0.39 is 0 Å². The molecule has 2 aromatic heterocycles. The number of aromatic nitrogens is 3. The van der Waals surface area contributed by atoms with Crippen LogP contribution in [0, 0.1) is 12.8 Å². The number of anilines is 1. The Morgan fingerprint density at radius 2 is 1.81 bits per heavy atom. The number of piperidine rings is 1. The van der Waals surface area contributed by atoms with Gasteiger partial charge in [0.25, 0.3) is 0 Å². The number of amides is 1. The predicted molar refractivity (Wildman–Crippen MR) is 143 cm³/mol. The number of nitrogens with zero attached hydrogens (tertiary/aromatic N) is 4. The van der Waals surface area contributed by atoms with Crippen molar-refractivity contribution in [3.8, 4) is 5.82 Å². The van der Waals surface area contributed by atoms with E-state index >= 15 is 0 Å². The van der Waals surface area contributed by atoms with E-state index in [1.165, 1.54) is 0 Å². The van der Waals surface area contributed by atoms with Crippen molar-refractivity contribution in [2.45, 2.75) is 32.2 Å². The van der Waals surface area contributed by atoms with Crippen LogP contribution in [-0.2, 0) is 9.53 Å². The van der Waals surface area contributed by atoms with E-state index in [0.29, 0.717) is 16.7 Å². The molecule has 6 rings (SSSR count). The molecule has 1 atom stereocenters. The number of nitrogens with one attached hydrogen (secondary N) is 1. The van der Waals surface area contributed by atoms with E-state index in [1.54, 1.807) is 6.07 Å². The average Bonchev–Trinajstić information content (AvgIpc) is 3.52. The molecule has 186 valence electrons. The Morgan fingerprint density at radius 1 is 1.03 bits per heavy atom. The number of ether oxygens (including phenoxy) is 1. The van der Waals surface area contributed by atoms with Gasteiger partial charge < -0.3 is 15.0 Å². The van der Waals surface area contributed by atoms with Crippen molar-refractivity contribution in [1.82, 2.24) is 19.9 Å². The summed E-state index contributed by atoms with van der Waals surface area (Å²) < 4.78 is 7.46. The molecule has 4 aromatic rings. The van der Waals surface area contributed by atoms with Gasteiger partial charge in [-0.25, -0.2) is 9.97 Å². The number of halogens is 2. The normalized spacial score (nSPS) is 18.9. The zero-order valence-electron chi connectivity index (χ0n) is 20.0. The summed E-state index contributed by atoms with van der Waals surface area (Å²) in [7, 11) is 0. The molecule has 0 aliphatic carbocycles. The van der Waals surface area contributed by atoms with Gasteiger partial charge in [0.1, 0.15) is 5.82 Å². The number of carbonyl (C=O) groups excluding carboxylic acids is 1. The van der Waals surface area contributed by atoms with E-state index in [4.69, 9.17) is 37.9 Å². The molecule has 2 aromatic carbocycles. The summed E-state index contributed by atoms with van der Waals surface area (Å²) in [5, 5.41) is 5.21. The molecule has 2 fully saturated rings. The van der Waals surface area contributed by atoms with E-state index in [9.17, 15) is 4.79 Å². The largest absolute Gasteiger partial charge is 0.379 e. The molecule has 2 aliphatic rings. The summed E-state index contributed by atoms with van der Waals surface area (Å²) in [6, 6.07) is 14.0.